The first-order valence-electron chi connectivity index (χ1n) is 8.57. The topological polar surface area (TPSA) is 51.2 Å². The highest BCUT2D eigenvalue weighted by atomic mass is 32.1. The van der Waals surface area contributed by atoms with Crippen LogP contribution in [0.2, 0.25) is 0 Å². The molecule has 2 atom stereocenters. The summed E-state index contributed by atoms with van der Waals surface area (Å²) in [5, 5.41) is 3.14. The number of hydrogen-bond donors (Lipinski definition) is 1. The number of hydrogen-bond acceptors (Lipinski definition) is 4. The van der Waals surface area contributed by atoms with Crippen molar-refractivity contribution in [2.24, 2.45) is 0 Å². The number of thiocarbonyl (C=S) groups is 1. The minimum atomic E-state index is -0.504. The van der Waals surface area contributed by atoms with Crippen molar-refractivity contribution in [1.82, 2.24) is 10.3 Å². The molecule has 130 valence electrons. The fourth-order valence-corrected chi connectivity index (χ4v) is 4.02. The lowest BCUT2D eigenvalue weighted by molar-refractivity contribution is 0.00435. The normalized spacial score (nSPS) is 22.8. The smallest absolute Gasteiger partial charge is 0.338 e. The number of nitrogens with one attached hydrogen (secondary N) is 1. The number of likely N-dealkylation sites (N-methyl/N-ethyl adjacent to an activating group) is 1. The van der Waals surface area contributed by atoms with Gasteiger partial charge < -0.3 is 10.1 Å². The van der Waals surface area contributed by atoms with Crippen LogP contribution < -0.4 is 5.32 Å². The van der Waals surface area contributed by atoms with Gasteiger partial charge in [-0.3, -0.25) is 4.98 Å². The lowest BCUT2D eigenvalue weighted by atomic mass is 9.67. The van der Waals surface area contributed by atoms with Crippen LogP contribution in [0.15, 0.2) is 54.9 Å². The summed E-state index contributed by atoms with van der Waals surface area (Å²) in [6.07, 6.45) is 6.94. The molecule has 1 saturated carbocycles. The zero-order valence-corrected chi connectivity index (χ0v) is 15.1. The van der Waals surface area contributed by atoms with Gasteiger partial charge in [-0.15, -0.1) is 0 Å². The van der Waals surface area contributed by atoms with Gasteiger partial charge in [0.2, 0.25) is 0 Å². The van der Waals surface area contributed by atoms with E-state index in [1.165, 1.54) is 0 Å². The summed E-state index contributed by atoms with van der Waals surface area (Å²) in [6, 6.07) is 13.0. The average Bonchev–Trinajstić information content (AvgIpc) is 2.69. The molecule has 0 bridgehead atoms. The summed E-state index contributed by atoms with van der Waals surface area (Å²) >= 11 is 5.69. The highest BCUT2D eigenvalue weighted by molar-refractivity contribution is 7.80. The van der Waals surface area contributed by atoms with E-state index in [2.05, 4.69) is 10.3 Å². The lowest BCUT2D eigenvalue weighted by Crippen LogP contribution is -2.53. The zero-order chi connectivity index (χ0) is 17.7. The first kappa shape index (κ1) is 17.5. The number of ether oxygens (including phenoxy) is 1. The van der Waals surface area contributed by atoms with Gasteiger partial charge in [-0.25, -0.2) is 4.79 Å². The van der Waals surface area contributed by atoms with E-state index in [1.807, 2.05) is 37.4 Å². The Bertz CT molecular complexity index is 736. The quantitative estimate of drug-likeness (QED) is 0.671. The van der Waals surface area contributed by atoms with Crippen molar-refractivity contribution >= 4 is 23.2 Å². The van der Waals surface area contributed by atoms with Gasteiger partial charge in [0.05, 0.1) is 16.0 Å². The van der Waals surface area contributed by atoms with Gasteiger partial charge in [0.25, 0.3) is 0 Å². The third kappa shape index (κ3) is 3.42. The highest BCUT2D eigenvalue weighted by Crippen LogP contribution is 2.42. The van der Waals surface area contributed by atoms with Crippen LogP contribution in [0, 0.1) is 0 Å². The predicted octanol–water partition coefficient (Wildman–Crippen LogP) is 3.67. The molecule has 1 aliphatic carbocycles. The van der Waals surface area contributed by atoms with Crippen LogP contribution in [0.25, 0.3) is 0 Å². The van der Waals surface area contributed by atoms with Gasteiger partial charge >= 0.3 is 5.97 Å². The molecule has 0 radical (unpaired) electrons. The highest BCUT2D eigenvalue weighted by Gasteiger charge is 2.48. The minimum Gasteiger partial charge on any atom is -0.457 e. The maximum atomic E-state index is 12.6. The monoisotopic (exact) mass is 354 g/mol. The van der Waals surface area contributed by atoms with E-state index >= 15 is 0 Å². The maximum absolute atomic E-state index is 12.6. The van der Waals surface area contributed by atoms with Crippen molar-refractivity contribution in [2.45, 2.75) is 37.2 Å². The summed E-state index contributed by atoms with van der Waals surface area (Å²) in [7, 11) is 1.83. The molecule has 3 rings (SSSR count). The Labute approximate surface area is 153 Å². The molecule has 1 heterocycles. The Morgan fingerprint density at radius 1 is 1.20 bits per heavy atom. The number of benzene rings is 1. The molecule has 5 heteroatoms. The Morgan fingerprint density at radius 3 is 2.60 bits per heavy atom. The molecule has 1 fully saturated rings. The zero-order valence-electron chi connectivity index (χ0n) is 14.3. The van der Waals surface area contributed by atoms with E-state index in [-0.39, 0.29) is 12.1 Å². The largest absolute Gasteiger partial charge is 0.457 e. The number of pyridine rings is 1. The standard InChI is InChI=1S/C20H22N2O2S/c1-21-19(25)20(16-10-13-22-14-11-16)12-6-5-9-17(20)24-18(23)15-7-3-2-4-8-15/h2-4,7-8,10-11,13-14,17H,5-6,9,12H2,1H3,(H,21,25)/t17-,20+/m1/s1. The van der Waals surface area contributed by atoms with E-state index in [9.17, 15) is 4.79 Å². The van der Waals surface area contributed by atoms with Crippen LogP contribution >= 0.6 is 12.2 Å². The average molecular weight is 354 g/mol. The van der Waals surface area contributed by atoms with Crippen LogP contribution in [0.4, 0.5) is 0 Å². The SMILES string of the molecule is CNC(=S)[C@]1(c2ccncc2)CCCC[C@H]1OC(=O)c1ccccc1. The molecule has 0 amide bonds. The summed E-state index contributed by atoms with van der Waals surface area (Å²) in [4.78, 5) is 17.5. The van der Waals surface area contributed by atoms with E-state index in [4.69, 9.17) is 17.0 Å². The molecule has 0 spiro atoms. The molecule has 4 nitrogen and oxygen atoms in total. The van der Waals surface area contributed by atoms with Gasteiger partial charge in [0.15, 0.2) is 0 Å². The Morgan fingerprint density at radius 2 is 1.92 bits per heavy atom. The van der Waals surface area contributed by atoms with E-state index < -0.39 is 5.41 Å². The predicted molar refractivity (Wildman–Crippen MR) is 102 cm³/mol. The molecule has 0 saturated heterocycles. The van der Waals surface area contributed by atoms with E-state index in [0.29, 0.717) is 10.6 Å². The molecule has 25 heavy (non-hydrogen) atoms. The molecule has 2 aromatic rings. The number of nitrogens with zero attached hydrogens (tertiary/aromatic N) is 1. The van der Waals surface area contributed by atoms with E-state index in [1.54, 1.807) is 24.5 Å². The molecule has 1 aliphatic rings. The lowest BCUT2D eigenvalue weighted by Gasteiger charge is -2.44. The second-order valence-electron chi connectivity index (χ2n) is 6.29. The summed E-state index contributed by atoms with van der Waals surface area (Å²) < 4.78 is 5.98. The second-order valence-corrected chi connectivity index (χ2v) is 6.70. The van der Waals surface area contributed by atoms with Gasteiger partial charge in [-0.05, 0) is 49.1 Å². The maximum Gasteiger partial charge on any atom is 0.338 e. The van der Waals surface area contributed by atoms with Gasteiger partial charge in [-0.2, -0.15) is 0 Å². The minimum absolute atomic E-state index is 0.295. The van der Waals surface area contributed by atoms with Crippen molar-refractivity contribution in [3.8, 4) is 0 Å². The first-order valence-corrected chi connectivity index (χ1v) is 8.98. The molecule has 0 unspecified atom stereocenters. The number of rotatable bonds is 4. The van der Waals surface area contributed by atoms with Crippen LogP contribution in [-0.2, 0) is 10.2 Å². The summed E-state index contributed by atoms with van der Waals surface area (Å²) in [5.41, 5.74) is 1.11. The van der Waals surface area contributed by atoms with Gasteiger partial charge in [-0.1, -0.05) is 36.8 Å². The fraction of sp³-hybridized carbons (Fsp3) is 0.350. The fourth-order valence-electron chi connectivity index (χ4n) is 3.67. The van der Waals surface area contributed by atoms with E-state index in [0.717, 1.165) is 31.2 Å². The number of carbonyl (C=O) groups excluding carboxylic acids is 1. The van der Waals surface area contributed by atoms with Crippen LogP contribution in [-0.4, -0.2) is 29.1 Å². The molecule has 1 N–H and O–H groups in total. The number of aromatic nitrogens is 1. The van der Waals surface area contributed by atoms with Crippen LogP contribution in [0.3, 0.4) is 0 Å². The van der Waals surface area contributed by atoms with Crippen LogP contribution in [0.5, 0.6) is 0 Å². The van der Waals surface area contributed by atoms with Crippen molar-refractivity contribution in [3.63, 3.8) is 0 Å². The molecular weight excluding hydrogens is 332 g/mol. The third-order valence-electron chi connectivity index (χ3n) is 4.92. The Kier molecular flexibility index (Phi) is 5.43. The third-order valence-corrected chi connectivity index (χ3v) is 5.49. The number of carbonyl (C=O) groups is 1. The van der Waals surface area contributed by atoms with Crippen molar-refractivity contribution < 1.29 is 9.53 Å². The summed E-state index contributed by atoms with van der Waals surface area (Å²) in [6.45, 7) is 0. The Hall–Kier alpha value is -2.27. The van der Waals surface area contributed by atoms with Crippen LogP contribution in [0.1, 0.15) is 41.6 Å². The van der Waals surface area contributed by atoms with Gasteiger partial charge in [0, 0.05) is 19.4 Å². The molecule has 1 aromatic carbocycles. The van der Waals surface area contributed by atoms with Crippen molar-refractivity contribution in [2.75, 3.05) is 7.05 Å². The number of esters is 1. The summed E-state index contributed by atoms with van der Waals surface area (Å²) in [5.74, 6) is -0.301. The van der Waals surface area contributed by atoms with Gasteiger partial charge in [0.1, 0.15) is 6.10 Å². The second kappa shape index (κ2) is 7.74. The molecule has 0 aliphatic heterocycles. The first-order chi connectivity index (χ1) is 12.2. The van der Waals surface area contributed by atoms with Crippen molar-refractivity contribution in [1.29, 1.82) is 0 Å². The molecular formula is C20H22N2O2S. The molecule has 1 aromatic heterocycles. The van der Waals surface area contributed by atoms with Crippen molar-refractivity contribution in [3.05, 3.63) is 66.0 Å². The Balaban J connectivity index is 1.97.